The van der Waals surface area contributed by atoms with Crippen molar-refractivity contribution in [3.05, 3.63) is 59.8 Å². The maximum atomic E-state index is 9.16. The molecule has 2 N–H and O–H groups in total. The van der Waals surface area contributed by atoms with Crippen molar-refractivity contribution in [2.45, 2.75) is 12.5 Å². The molecule has 1 heterocycles. The Hall–Kier alpha value is -2.38. The first-order chi connectivity index (χ1) is 9.33. The van der Waals surface area contributed by atoms with Gasteiger partial charge in [-0.2, -0.15) is 5.26 Å². The number of nitriles is 1. The Kier molecular flexibility index (Phi) is 4.49. The fourth-order valence-electron chi connectivity index (χ4n) is 1.89. The van der Waals surface area contributed by atoms with Crippen LogP contribution in [0.5, 0.6) is 0 Å². The van der Waals surface area contributed by atoms with Crippen LogP contribution in [0.2, 0.25) is 0 Å². The van der Waals surface area contributed by atoms with E-state index in [2.05, 4.69) is 10.3 Å². The van der Waals surface area contributed by atoms with Gasteiger partial charge in [-0.3, -0.25) is 0 Å². The first kappa shape index (κ1) is 13.1. The second-order valence-electron chi connectivity index (χ2n) is 4.14. The highest BCUT2D eigenvalue weighted by Gasteiger charge is 2.11. The number of aromatic nitrogens is 1. The van der Waals surface area contributed by atoms with Crippen molar-refractivity contribution in [3.8, 4) is 6.07 Å². The molecule has 0 saturated carbocycles. The zero-order chi connectivity index (χ0) is 13.5. The predicted octanol–water partition coefficient (Wildman–Crippen LogP) is 2.49. The van der Waals surface area contributed by atoms with Gasteiger partial charge in [0.1, 0.15) is 17.6 Å². The Labute approximate surface area is 112 Å². The number of benzene rings is 1. The maximum Gasteiger partial charge on any atom is 0.142 e. The molecule has 2 rings (SSSR count). The summed E-state index contributed by atoms with van der Waals surface area (Å²) in [6.45, 7) is 0.0878. The minimum Gasteiger partial charge on any atom is -0.396 e. The quantitative estimate of drug-likeness (QED) is 0.859. The third-order valence-corrected chi connectivity index (χ3v) is 2.81. The molecule has 0 radical (unpaired) electrons. The normalized spacial score (nSPS) is 11.6. The number of anilines is 1. The van der Waals surface area contributed by atoms with Crippen LogP contribution in [0.25, 0.3) is 0 Å². The van der Waals surface area contributed by atoms with E-state index < -0.39 is 0 Å². The molecule has 0 unspecified atom stereocenters. The minimum absolute atomic E-state index is 0.0207. The molecular formula is C15H15N3O. The number of nitrogens with zero attached hydrogens (tertiary/aromatic N) is 2. The van der Waals surface area contributed by atoms with Crippen molar-refractivity contribution in [3.63, 3.8) is 0 Å². The summed E-state index contributed by atoms with van der Waals surface area (Å²) in [5.41, 5.74) is 1.46. The molecule has 0 spiro atoms. The third-order valence-electron chi connectivity index (χ3n) is 2.81. The highest BCUT2D eigenvalue weighted by molar-refractivity contribution is 5.41. The lowest BCUT2D eigenvalue weighted by Crippen LogP contribution is -2.13. The number of aliphatic hydroxyl groups is 1. The Morgan fingerprint density at radius 3 is 2.63 bits per heavy atom. The van der Waals surface area contributed by atoms with Gasteiger partial charge in [0.25, 0.3) is 0 Å². The number of hydrogen-bond donors (Lipinski definition) is 2. The van der Waals surface area contributed by atoms with E-state index in [4.69, 9.17) is 10.4 Å². The fourth-order valence-corrected chi connectivity index (χ4v) is 1.89. The van der Waals surface area contributed by atoms with Crippen LogP contribution in [0.3, 0.4) is 0 Å². The standard InChI is InChI=1S/C15H15N3O/c16-11-13-7-4-8-15(17-13)18-14(9-10-19)12-5-2-1-3-6-12/h1-8,14,19H,9-10H2,(H,17,18)/t14-/m0/s1. The van der Waals surface area contributed by atoms with E-state index in [9.17, 15) is 0 Å². The highest BCUT2D eigenvalue weighted by atomic mass is 16.3. The molecule has 1 aromatic carbocycles. The van der Waals surface area contributed by atoms with Crippen LogP contribution in [0.1, 0.15) is 23.7 Å². The molecule has 0 aliphatic carbocycles. The zero-order valence-electron chi connectivity index (χ0n) is 10.5. The predicted molar refractivity (Wildman–Crippen MR) is 73.5 cm³/mol. The van der Waals surface area contributed by atoms with Crippen molar-refractivity contribution in [2.75, 3.05) is 11.9 Å². The lowest BCUT2D eigenvalue weighted by Gasteiger charge is -2.18. The Bertz CT molecular complexity index is 563. The first-order valence-electron chi connectivity index (χ1n) is 6.13. The van der Waals surface area contributed by atoms with E-state index in [1.807, 2.05) is 42.5 Å². The Morgan fingerprint density at radius 2 is 1.95 bits per heavy atom. The van der Waals surface area contributed by atoms with Crippen LogP contribution in [0.15, 0.2) is 48.5 Å². The van der Waals surface area contributed by atoms with Gasteiger partial charge in [0.2, 0.25) is 0 Å². The second-order valence-corrected chi connectivity index (χ2v) is 4.14. The molecule has 2 aromatic rings. The summed E-state index contributed by atoms with van der Waals surface area (Å²) in [7, 11) is 0. The largest absolute Gasteiger partial charge is 0.396 e. The van der Waals surface area contributed by atoms with Gasteiger partial charge in [0, 0.05) is 6.61 Å². The van der Waals surface area contributed by atoms with E-state index in [0.717, 1.165) is 5.56 Å². The van der Waals surface area contributed by atoms with Crippen molar-refractivity contribution >= 4 is 5.82 Å². The van der Waals surface area contributed by atoms with E-state index in [1.54, 1.807) is 12.1 Å². The molecule has 0 aliphatic rings. The SMILES string of the molecule is N#Cc1cccc(N[C@@H](CCO)c2ccccc2)n1. The fraction of sp³-hybridized carbons (Fsp3) is 0.200. The molecule has 0 fully saturated rings. The van der Waals surface area contributed by atoms with Gasteiger partial charge in [-0.15, -0.1) is 0 Å². The summed E-state index contributed by atoms with van der Waals surface area (Å²) in [5.74, 6) is 0.640. The molecule has 0 aliphatic heterocycles. The summed E-state index contributed by atoms with van der Waals surface area (Å²) in [6.07, 6.45) is 0.586. The van der Waals surface area contributed by atoms with Crippen molar-refractivity contribution < 1.29 is 5.11 Å². The summed E-state index contributed by atoms with van der Waals surface area (Å²) < 4.78 is 0. The van der Waals surface area contributed by atoms with Crippen LogP contribution in [-0.4, -0.2) is 16.7 Å². The van der Waals surface area contributed by atoms with E-state index in [-0.39, 0.29) is 12.6 Å². The summed E-state index contributed by atoms with van der Waals surface area (Å²) in [5, 5.41) is 21.2. The Balaban J connectivity index is 2.19. The molecule has 0 amide bonds. The smallest absolute Gasteiger partial charge is 0.142 e. The number of nitrogens with one attached hydrogen (secondary N) is 1. The van der Waals surface area contributed by atoms with Crippen LogP contribution >= 0.6 is 0 Å². The summed E-state index contributed by atoms with van der Waals surface area (Å²) in [4.78, 5) is 4.18. The molecule has 19 heavy (non-hydrogen) atoms. The van der Waals surface area contributed by atoms with Crippen molar-refractivity contribution in [2.24, 2.45) is 0 Å². The number of pyridine rings is 1. The molecule has 4 nitrogen and oxygen atoms in total. The number of aliphatic hydroxyl groups excluding tert-OH is 1. The van der Waals surface area contributed by atoms with E-state index in [1.165, 1.54) is 0 Å². The monoisotopic (exact) mass is 253 g/mol. The van der Waals surface area contributed by atoms with E-state index in [0.29, 0.717) is 17.9 Å². The highest BCUT2D eigenvalue weighted by Crippen LogP contribution is 2.21. The topological polar surface area (TPSA) is 68.9 Å². The molecule has 1 atom stereocenters. The van der Waals surface area contributed by atoms with Crippen molar-refractivity contribution in [1.82, 2.24) is 4.98 Å². The van der Waals surface area contributed by atoms with Gasteiger partial charge < -0.3 is 10.4 Å². The number of rotatable bonds is 5. The second kappa shape index (κ2) is 6.53. The molecule has 4 heteroatoms. The van der Waals surface area contributed by atoms with Crippen LogP contribution in [-0.2, 0) is 0 Å². The first-order valence-corrected chi connectivity index (χ1v) is 6.13. The average Bonchev–Trinajstić information content (AvgIpc) is 2.48. The zero-order valence-corrected chi connectivity index (χ0v) is 10.5. The third kappa shape index (κ3) is 3.54. The van der Waals surface area contributed by atoms with Gasteiger partial charge in [-0.25, -0.2) is 4.98 Å². The molecule has 96 valence electrons. The molecular weight excluding hydrogens is 238 g/mol. The maximum absolute atomic E-state index is 9.16. The molecule has 0 bridgehead atoms. The Morgan fingerprint density at radius 1 is 1.16 bits per heavy atom. The number of hydrogen-bond acceptors (Lipinski definition) is 4. The lowest BCUT2D eigenvalue weighted by molar-refractivity contribution is 0.280. The summed E-state index contributed by atoms with van der Waals surface area (Å²) >= 11 is 0. The van der Waals surface area contributed by atoms with Gasteiger partial charge in [-0.05, 0) is 24.1 Å². The molecule has 0 saturated heterocycles. The van der Waals surface area contributed by atoms with Gasteiger partial charge >= 0.3 is 0 Å². The van der Waals surface area contributed by atoms with Gasteiger partial charge in [0.05, 0.1) is 6.04 Å². The van der Waals surface area contributed by atoms with Crippen LogP contribution < -0.4 is 5.32 Å². The van der Waals surface area contributed by atoms with Gasteiger partial charge in [0.15, 0.2) is 0 Å². The average molecular weight is 253 g/mol. The van der Waals surface area contributed by atoms with Crippen LogP contribution in [0, 0.1) is 11.3 Å². The van der Waals surface area contributed by atoms with Gasteiger partial charge in [-0.1, -0.05) is 36.4 Å². The summed E-state index contributed by atoms with van der Waals surface area (Å²) in [6, 6.07) is 17.1. The van der Waals surface area contributed by atoms with Crippen molar-refractivity contribution in [1.29, 1.82) is 5.26 Å². The van der Waals surface area contributed by atoms with E-state index >= 15 is 0 Å². The van der Waals surface area contributed by atoms with Crippen LogP contribution in [0.4, 0.5) is 5.82 Å². The molecule has 1 aromatic heterocycles. The minimum atomic E-state index is -0.0207. The lowest BCUT2D eigenvalue weighted by atomic mass is 10.0.